The van der Waals surface area contributed by atoms with E-state index in [2.05, 4.69) is 16.8 Å². The summed E-state index contributed by atoms with van der Waals surface area (Å²) in [5.74, 6) is 6.32. The van der Waals surface area contributed by atoms with E-state index in [1.54, 1.807) is 6.20 Å². The molecule has 0 bridgehead atoms. The number of hydrogen-bond donors (Lipinski definition) is 2. The molecule has 0 saturated heterocycles. The molecule has 0 aromatic carbocycles. The molecular weight excluding hydrogens is 200 g/mol. The average molecular weight is 214 g/mol. The van der Waals surface area contributed by atoms with Crippen LogP contribution < -0.4 is 11.5 Å². The van der Waals surface area contributed by atoms with Crippen molar-refractivity contribution >= 4 is 11.3 Å². The Hall–Kier alpha value is -1.99. The smallest absolute Gasteiger partial charge is 0.161 e. The number of anilines is 1. The SMILES string of the molecule is CC(C#Cc1cnc2c(N)cccn12)CN. The molecule has 2 aromatic heterocycles. The largest absolute Gasteiger partial charge is 0.396 e. The van der Waals surface area contributed by atoms with Gasteiger partial charge in [-0.3, -0.25) is 4.40 Å². The molecule has 16 heavy (non-hydrogen) atoms. The second kappa shape index (κ2) is 4.25. The van der Waals surface area contributed by atoms with E-state index in [0.29, 0.717) is 12.2 Å². The zero-order valence-corrected chi connectivity index (χ0v) is 9.14. The van der Waals surface area contributed by atoms with Crippen molar-refractivity contribution in [3.63, 3.8) is 0 Å². The Balaban J connectivity index is 2.46. The van der Waals surface area contributed by atoms with Gasteiger partial charge in [-0.05, 0) is 18.1 Å². The molecule has 4 N–H and O–H groups in total. The standard InChI is InChI=1S/C12H14N4/c1-9(7-13)4-5-10-8-15-12-11(14)3-2-6-16(10)12/h2-3,6,8-9H,7,13-14H2,1H3. The summed E-state index contributed by atoms with van der Waals surface area (Å²) in [7, 11) is 0. The molecule has 0 aliphatic rings. The van der Waals surface area contributed by atoms with Crippen molar-refractivity contribution < 1.29 is 0 Å². The van der Waals surface area contributed by atoms with Crippen molar-refractivity contribution in [1.82, 2.24) is 9.38 Å². The Morgan fingerprint density at radius 3 is 3.12 bits per heavy atom. The summed E-state index contributed by atoms with van der Waals surface area (Å²) in [5, 5.41) is 0. The Bertz CT molecular complexity index is 559. The molecule has 2 heterocycles. The Kier molecular flexibility index (Phi) is 2.80. The molecule has 1 atom stereocenters. The van der Waals surface area contributed by atoms with Gasteiger partial charge in [-0.1, -0.05) is 12.8 Å². The monoisotopic (exact) mass is 214 g/mol. The number of fused-ring (bicyclic) bond motifs is 1. The summed E-state index contributed by atoms with van der Waals surface area (Å²) >= 11 is 0. The van der Waals surface area contributed by atoms with Gasteiger partial charge in [0.15, 0.2) is 5.65 Å². The molecule has 0 aliphatic carbocycles. The van der Waals surface area contributed by atoms with E-state index in [9.17, 15) is 0 Å². The van der Waals surface area contributed by atoms with E-state index in [-0.39, 0.29) is 5.92 Å². The van der Waals surface area contributed by atoms with Crippen molar-refractivity contribution in [2.45, 2.75) is 6.92 Å². The predicted octanol–water partition coefficient (Wildman–Crippen LogP) is 0.863. The van der Waals surface area contributed by atoms with E-state index < -0.39 is 0 Å². The van der Waals surface area contributed by atoms with Crippen LogP contribution >= 0.6 is 0 Å². The van der Waals surface area contributed by atoms with Gasteiger partial charge in [0.2, 0.25) is 0 Å². The van der Waals surface area contributed by atoms with Gasteiger partial charge in [-0.25, -0.2) is 4.98 Å². The third kappa shape index (κ3) is 1.86. The lowest BCUT2D eigenvalue weighted by molar-refractivity contribution is 0.766. The average Bonchev–Trinajstić information content (AvgIpc) is 2.70. The topological polar surface area (TPSA) is 69.3 Å². The molecule has 1 unspecified atom stereocenters. The molecular formula is C12H14N4. The molecule has 4 heteroatoms. The van der Waals surface area contributed by atoms with Crippen LogP contribution in [0.2, 0.25) is 0 Å². The van der Waals surface area contributed by atoms with Gasteiger partial charge in [0.05, 0.1) is 11.9 Å². The predicted molar refractivity (Wildman–Crippen MR) is 64.7 cm³/mol. The Morgan fingerprint density at radius 2 is 2.38 bits per heavy atom. The first-order valence-electron chi connectivity index (χ1n) is 5.15. The number of imidazole rings is 1. The van der Waals surface area contributed by atoms with Crippen molar-refractivity contribution in [2.24, 2.45) is 11.7 Å². The van der Waals surface area contributed by atoms with Gasteiger partial charge < -0.3 is 11.5 Å². The van der Waals surface area contributed by atoms with Crippen LogP contribution in [0, 0.1) is 17.8 Å². The Morgan fingerprint density at radius 1 is 1.56 bits per heavy atom. The van der Waals surface area contributed by atoms with Crippen LogP contribution in [0.25, 0.3) is 5.65 Å². The molecule has 0 amide bonds. The van der Waals surface area contributed by atoms with Gasteiger partial charge >= 0.3 is 0 Å². The fourth-order valence-corrected chi connectivity index (χ4v) is 1.38. The van der Waals surface area contributed by atoms with Crippen LogP contribution in [0.4, 0.5) is 5.69 Å². The lowest BCUT2D eigenvalue weighted by Gasteiger charge is -1.98. The van der Waals surface area contributed by atoms with Gasteiger partial charge in [0.1, 0.15) is 5.69 Å². The molecule has 0 fully saturated rings. The second-order valence-corrected chi connectivity index (χ2v) is 3.71. The fraction of sp³-hybridized carbons (Fsp3) is 0.250. The number of nitrogens with two attached hydrogens (primary N) is 2. The molecule has 2 rings (SSSR count). The van der Waals surface area contributed by atoms with Crippen LogP contribution in [0.15, 0.2) is 24.5 Å². The lowest BCUT2D eigenvalue weighted by Crippen LogP contribution is -2.08. The quantitative estimate of drug-likeness (QED) is 0.692. The summed E-state index contributed by atoms with van der Waals surface area (Å²) in [6.45, 7) is 2.55. The van der Waals surface area contributed by atoms with Crippen LogP contribution in [0.5, 0.6) is 0 Å². The number of nitrogens with zero attached hydrogens (tertiary/aromatic N) is 2. The number of rotatable bonds is 1. The molecule has 0 aliphatic heterocycles. The van der Waals surface area contributed by atoms with Crippen molar-refractivity contribution in [2.75, 3.05) is 12.3 Å². The zero-order valence-electron chi connectivity index (χ0n) is 9.14. The van der Waals surface area contributed by atoms with E-state index in [1.165, 1.54) is 0 Å². The van der Waals surface area contributed by atoms with E-state index in [4.69, 9.17) is 11.5 Å². The highest BCUT2D eigenvalue weighted by Crippen LogP contribution is 2.12. The minimum absolute atomic E-state index is 0.187. The van der Waals surface area contributed by atoms with Crippen LogP contribution in [-0.4, -0.2) is 15.9 Å². The third-order valence-corrected chi connectivity index (χ3v) is 2.37. The zero-order chi connectivity index (χ0) is 11.5. The first-order valence-corrected chi connectivity index (χ1v) is 5.15. The van der Waals surface area contributed by atoms with Crippen LogP contribution in [0.3, 0.4) is 0 Å². The van der Waals surface area contributed by atoms with Crippen molar-refractivity contribution in [3.8, 4) is 11.8 Å². The highest BCUT2D eigenvalue weighted by Gasteiger charge is 2.02. The summed E-state index contributed by atoms with van der Waals surface area (Å²) in [6, 6.07) is 3.70. The molecule has 0 radical (unpaired) electrons. The van der Waals surface area contributed by atoms with Gasteiger partial charge in [-0.15, -0.1) is 0 Å². The number of pyridine rings is 1. The molecule has 82 valence electrons. The van der Waals surface area contributed by atoms with Gasteiger partial charge in [0.25, 0.3) is 0 Å². The maximum absolute atomic E-state index is 5.80. The highest BCUT2D eigenvalue weighted by atomic mass is 15.0. The van der Waals surface area contributed by atoms with Gasteiger partial charge in [0, 0.05) is 18.7 Å². The number of aromatic nitrogens is 2. The van der Waals surface area contributed by atoms with E-state index in [0.717, 1.165) is 11.3 Å². The summed E-state index contributed by atoms with van der Waals surface area (Å²) in [6.07, 6.45) is 3.62. The first-order chi connectivity index (χ1) is 7.72. The minimum atomic E-state index is 0.187. The first kappa shape index (κ1) is 10.5. The minimum Gasteiger partial charge on any atom is -0.396 e. The summed E-state index contributed by atoms with van der Waals surface area (Å²) < 4.78 is 1.88. The second-order valence-electron chi connectivity index (χ2n) is 3.71. The molecule has 2 aromatic rings. The number of hydrogen-bond acceptors (Lipinski definition) is 3. The summed E-state index contributed by atoms with van der Waals surface area (Å²) in [5.41, 5.74) is 13.5. The molecule has 0 spiro atoms. The maximum atomic E-state index is 5.80. The van der Waals surface area contributed by atoms with E-state index in [1.807, 2.05) is 29.7 Å². The molecule has 0 saturated carbocycles. The summed E-state index contributed by atoms with van der Waals surface area (Å²) in [4.78, 5) is 4.23. The normalized spacial score (nSPS) is 12.1. The van der Waals surface area contributed by atoms with Gasteiger partial charge in [-0.2, -0.15) is 0 Å². The molecule has 4 nitrogen and oxygen atoms in total. The highest BCUT2D eigenvalue weighted by molar-refractivity contribution is 5.65. The van der Waals surface area contributed by atoms with Crippen molar-refractivity contribution in [3.05, 3.63) is 30.2 Å². The Labute approximate surface area is 94.3 Å². The van der Waals surface area contributed by atoms with Crippen molar-refractivity contribution in [1.29, 1.82) is 0 Å². The maximum Gasteiger partial charge on any atom is 0.161 e. The number of nitrogen functional groups attached to an aromatic ring is 1. The van der Waals surface area contributed by atoms with Crippen LogP contribution in [0.1, 0.15) is 12.6 Å². The van der Waals surface area contributed by atoms with Crippen LogP contribution in [-0.2, 0) is 0 Å². The fourth-order valence-electron chi connectivity index (χ4n) is 1.38. The third-order valence-electron chi connectivity index (χ3n) is 2.37. The van der Waals surface area contributed by atoms with E-state index >= 15 is 0 Å². The lowest BCUT2D eigenvalue weighted by atomic mass is 10.2.